The van der Waals surface area contributed by atoms with E-state index in [1.54, 1.807) is 7.05 Å². The van der Waals surface area contributed by atoms with E-state index in [-0.39, 0.29) is 127 Å². The molecule has 0 aromatic heterocycles. The lowest BCUT2D eigenvalue weighted by atomic mass is 9.93. The molecular weight excluding hydrogens is 849 g/mol. The van der Waals surface area contributed by atoms with E-state index in [1.165, 1.54) is 0 Å². The SMILES string of the molecule is CCC[C@H](NC)C(=O)CC[C@@H](CCCCNC(=O)COCCOCCNC(=O)COCCOCCCC(=O)CC[C@H](NC(=O)CCCCCCCCCCCCC(=O)O)C(=O)O)C(=O)O. The Morgan fingerprint density at radius 2 is 1.02 bits per heavy atom. The zero-order chi connectivity index (χ0) is 48.3. The molecule has 0 bridgehead atoms. The van der Waals surface area contributed by atoms with Crippen LogP contribution in [0.4, 0.5) is 0 Å². The minimum atomic E-state index is -1.17. The van der Waals surface area contributed by atoms with E-state index in [1.807, 2.05) is 6.92 Å². The Morgan fingerprint density at radius 1 is 0.462 bits per heavy atom. The van der Waals surface area contributed by atoms with Crippen molar-refractivity contribution in [1.29, 1.82) is 0 Å². The minimum Gasteiger partial charge on any atom is -0.481 e. The quantitative estimate of drug-likeness (QED) is 0.0418. The van der Waals surface area contributed by atoms with E-state index in [0.29, 0.717) is 51.7 Å². The first kappa shape index (κ1) is 61.0. The maximum atomic E-state index is 12.3. The van der Waals surface area contributed by atoms with E-state index >= 15 is 0 Å². The van der Waals surface area contributed by atoms with Gasteiger partial charge in [-0.05, 0) is 58.4 Å². The average Bonchev–Trinajstić information content (AvgIpc) is 3.26. The van der Waals surface area contributed by atoms with Crippen LogP contribution in [0.5, 0.6) is 0 Å². The van der Waals surface area contributed by atoms with E-state index in [9.17, 15) is 48.6 Å². The van der Waals surface area contributed by atoms with Gasteiger partial charge >= 0.3 is 17.9 Å². The Hall–Kier alpha value is -4.04. The van der Waals surface area contributed by atoms with E-state index < -0.39 is 29.9 Å². The summed E-state index contributed by atoms with van der Waals surface area (Å²) < 4.78 is 21.5. The molecule has 0 heterocycles. The first-order chi connectivity index (χ1) is 31.3. The summed E-state index contributed by atoms with van der Waals surface area (Å²) in [6, 6.07) is -1.36. The highest BCUT2D eigenvalue weighted by Crippen LogP contribution is 2.17. The minimum absolute atomic E-state index is 0.0158. The molecule has 0 aliphatic rings. The number of carbonyl (C=O) groups excluding carboxylic acids is 5. The molecule has 0 saturated carbocycles. The topological polar surface area (TPSA) is 282 Å². The van der Waals surface area contributed by atoms with Crippen molar-refractivity contribution in [2.75, 3.05) is 73.0 Å². The number of ketones is 2. The van der Waals surface area contributed by atoms with Gasteiger partial charge in [-0.3, -0.25) is 33.6 Å². The van der Waals surface area contributed by atoms with E-state index in [4.69, 9.17) is 24.1 Å². The fourth-order valence-corrected chi connectivity index (χ4v) is 6.82. The molecule has 19 heteroatoms. The Morgan fingerprint density at radius 3 is 1.57 bits per heavy atom. The molecule has 0 aliphatic heterocycles. The predicted molar refractivity (Wildman–Crippen MR) is 242 cm³/mol. The molecule has 376 valence electrons. The fourth-order valence-electron chi connectivity index (χ4n) is 6.82. The van der Waals surface area contributed by atoms with Gasteiger partial charge in [0, 0.05) is 51.8 Å². The first-order valence-electron chi connectivity index (χ1n) is 23.8. The van der Waals surface area contributed by atoms with E-state index in [2.05, 4.69) is 21.3 Å². The van der Waals surface area contributed by atoms with Gasteiger partial charge in [-0.2, -0.15) is 0 Å². The first-order valence-corrected chi connectivity index (χ1v) is 23.8. The maximum absolute atomic E-state index is 12.3. The lowest BCUT2D eigenvalue weighted by Gasteiger charge is -2.16. The number of unbranched alkanes of at least 4 members (excludes halogenated alkanes) is 10. The summed E-state index contributed by atoms with van der Waals surface area (Å²) in [6.45, 7) is 3.65. The number of nitrogens with one attached hydrogen (secondary N) is 4. The van der Waals surface area contributed by atoms with Gasteiger partial charge < -0.3 is 55.5 Å². The van der Waals surface area contributed by atoms with Crippen LogP contribution >= 0.6 is 0 Å². The molecule has 0 aromatic carbocycles. The fraction of sp³-hybridized carbons (Fsp3) is 0.826. The van der Waals surface area contributed by atoms with Crippen molar-refractivity contribution >= 4 is 47.2 Å². The van der Waals surface area contributed by atoms with Crippen molar-refractivity contribution in [2.24, 2.45) is 5.92 Å². The van der Waals surface area contributed by atoms with Gasteiger partial charge in [-0.1, -0.05) is 71.1 Å². The number of rotatable bonds is 48. The van der Waals surface area contributed by atoms with Crippen LogP contribution in [0.25, 0.3) is 0 Å². The molecule has 0 unspecified atom stereocenters. The summed E-state index contributed by atoms with van der Waals surface area (Å²) in [7, 11) is 1.73. The van der Waals surface area contributed by atoms with Crippen LogP contribution in [-0.4, -0.2) is 148 Å². The van der Waals surface area contributed by atoms with Gasteiger partial charge in [0.2, 0.25) is 17.7 Å². The lowest BCUT2D eigenvalue weighted by Crippen LogP contribution is -2.41. The Balaban J connectivity index is 3.75. The van der Waals surface area contributed by atoms with Crippen molar-refractivity contribution in [3.63, 3.8) is 0 Å². The summed E-state index contributed by atoms with van der Waals surface area (Å²) in [4.78, 5) is 94.7. The second kappa shape index (κ2) is 42.6. The molecule has 65 heavy (non-hydrogen) atoms. The van der Waals surface area contributed by atoms with Crippen molar-refractivity contribution < 1.29 is 72.6 Å². The molecule has 0 aromatic rings. The smallest absolute Gasteiger partial charge is 0.326 e. The molecule has 0 rings (SSSR count). The standard InChI is InChI=1S/C46H82N4O15/c1-3-17-38(47-2)40(52)25-22-36(45(58)59)18-14-15-26-48-42(54)34-65-33-31-63-29-27-49-43(55)35-64-32-30-62-28-16-19-37(51)23-24-39(46(60)61)50-41(53)20-12-10-8-6-4-5-7-9-11-13-21-44(56)57/h36,38-39,47H,3-35H2,1-2H3,(H,48,54)(H,49,55)(H,50,53)(H,56,57)(H,58,59)(H,60,61)/t36-,38+,39+/m1/s1. The van der Waals surface area contributed by atoms with Crippen LogP contribution in [0.3, 0.4) is 0 Å². The number of likely N-dealkylation sites (N-methyl/N-ethyl adjacent to an activating group) is 1. The number of carboxylic acids is 3. The van der Waals surface area contributed by atoms with Gasteiger partial charge in [0.15, 0.2) is 0 Å². The van der Waals surface area contributed by atoms with Crippen LogP contribution in [0.15, 0.2) is 0 Å². The van der Waals surface area contributed by atoms with Crippen LogP contribution in [0.1, 0.15) is 155 Å². The largest absolute Gasteiger partial charge is 0.481 e. The van der Waals surface area contributed by atoms with Gasteiger partial charge in [-0.15, -0.1) is 0 Å². The summed E-state index contributed by atoms with van der Waals surface area (Å²) in [5.74, 6) is -4.49. The molecule has 3 atom stereocenters. The van der Waals surface area contributed by atoms with Gasteiger partial charge in [0.05, 0.1) is 45.0 Å². The number of Topliss-reactive ketones (excluding diaryl/α,β-unsaturated/α-hetero) is 2. The summed E-state index contributed by atoms with van der Waals surface area (Å²) in [6.07, 6.45) is 14.5. The number of hydrogen-bond donors (Lipinski definition) is 7. The normalized spacial score (nSPS) is 12.5. The van der Waals surface area contributed by atoms with Crippen molar-refractivity contribution in [3.05, 3.63) is 0 Å². The second-order valence-corrected chi connectivity index (χ2v) is 16.3. The summed E-state index contributed by atoms with van der Waals surface area (Å²) >= 11 is 0. The Kier molecular flexibility index (Phi) is 39.9. The second-order valence-electron chi connectivity index (χ2n) is 16.3. The zero-order valence-corrected chi connectivity index (χ0v) is 39.3. The average molecular weight is 931 g/mol. The highest BCUT2D eigenvalue weighted by Gasteiger charge is 2.22. The third kappa shape index (κ3) is 38.9. The molecule has 0 aliphatic carbocycles. The molecule has 0 fully saturated rings. The predicted octanol–water partition coefficient (Wildman–Crippen LogP) is 4.36. The zero-order valence-electron chi connectivity index (χ0n) is 39.3. The molecule has 7 N–H and O–H groups in total. The van der Waals surface area contributed by atoms with Gasteiger partial charge in [-0.25, -0.2) is 4.79 Å². The molecule has 19 nitrogen and oxygen atoms in total. The Bertz CT molecular complexity index is 1340. The third-order valence-corrected chi connectivity index (χ3v) is 10.6. The molecule has 0 radical (unpaired) electrons. The van der Waals surface area contributed by atoms with Crippen LogP contribution in [-0.2, 0) is 57.3 Å². The van der Waals surface area contributed by atoms with Crippen LogP contribution in [0, 0.1) is 5.92 Å². The highest BCUT2D eigenvalue weighted by atomic mass is 16.5. The Labute approximate surface area is 385 Å². The number of ether oxygens (including phenoxy) is 4. The van der Waals surface area contributed by atoms with Crippen molar-refractivity contribution in [2.45, 2.75) is 167 Å². The van der Waals surface area contributed by atoms with E-state index in [0.717, 1.165) is 70.6 Å². The maximum Gasteiger partial charge on any atom is 0.326 e. The monoisotopic (exact) mass is 931 g/mol. The molecular formula is C46H82N4O15. The number of carboxylic acid groups (broad SMARTS) is 3. The summed E-state index contributed by atoms with van der Waals surface area (Å²) in [5.41, 5.74) is 0. The number of hydrogen-bond acceptors (Lipinski definition) is 13. The van der Waals surface area contributed by atoms with Gasteiger partial charge in [0.1, 0.15) is 30.8 Å². The van der Waals surface area contributed by atoms with Crippen LogP contribution < -0.4 is 21.3 Å². The molecule has 0 spiro atoms. The third-order valence-electron chi connectivity index (χ3n) is 10.6. The van der Waals surface area contributed by atoms with Gasteiger partial charge in [0.25, 0.3) is 0 Å². The molecule has 3 amide bonds. The summed E-state index contributed by atoms with van der Waals surface area (Å²) in [5, 5.41) is 38.6. The number of aliphatic carboxylic acids is 3. The highest BCUT2D eigenvalue weighted by molar-refractivity contribution is 5.85. The van der Waals surface area contributed by atoms with Crippen molar-refractivity contribution in [1.82, 2.24) is 21.3 Å². The molecule has 0 saturated heterocycles. The number of carbonyl (C=O) groups is 8. The van der Waals surface area contributed by atoms with Crippen molar-refractivity contribution in [3.8, 4) is 0 Å². The van der Waals surface area contributed by atoms with Crippen LogP contribution in [0.2, 0.25) is 0 Å². The number of amides is 3. The lowest BCUT2D eigenvalue weighted by molar-refractivity contribution is -0.143.